The van der Waals surface area contributed by atoms with Crippen molar-refractivity contribution in [1.82, 2.24) is 0 Å². The monoisotopic (exact) mass is 383 g/mol. The molecular weight excluding hydrogens is 353 g/mol. The second kappa shape index (κ2) is 9.14. The second-order valence-corrected chi connectivity index (χ2v) is 6.50. The maximum absolute atomic E-state index is 3.35. The molecule has 0 heterocycles. The van der Waals surface area contributed by atoms with Gasteiger partial charge in [-0.3, -0.25) is 0 Å². The van der Waals surface area contributed by atoms with E-state index in [-0.39, 0.29) is 32.7 Å². The van der Waals surface area contributed by atoms with Gasteiger partial charge in [0, 0.05) is 32.7 Å². The summed E-state index contributed by atoms with van der Waals surface area (Å²) in [5.74, 6) is 0. The first-order valence-corrected chi connectivity index (χ1v) is 8.00. The molecule has 0 unspecified atom stereocenters. The summed E-state index contributed by atoms with van der Waals surface area (Å²) in [6.07, 6.45) is 0. The maximum Gasteiger partial charge on any atom is 0 e. The Hall–Kier alpha value is -0.456. The van der Waals surface area contributed by atoms with Crippen LogP contribution in [0.2, 0.25) is 0 Å². The first kappa shape index (κ1) is 22.5. The van der Waals surface area contributed by atoms with Gasteiger partial charge in [-0.05, 0) is 0 Å². The fraction of sp³-hybridized carbons (Fsp3) is 0.455. The van der Waals surface area contributed by atoms with E-state index in [9.17, 15) is 0 Å². The third-order valence-corrected chi connectivity index (χ3v) is 5.25. The van der Waals surface area contributed by atoms with Crippen molar-refractivity contribution in [3.8, 4) is 0 Å². The quantitative estimate of drug-likeness (QED) is 0.486. The molecule has 0 bridgehead atoms. The molecule has 0 spiro atoms. The van der Waals surface area contributed by atoms with E-state index in [0.29, 0.717) is 0 Å². The summed E-state index contributed by atoms with van der Waals surface area (Å²) in [4.78, 5) is 0. The molecule has 1 radical (unpaired) electrons. The van der Waals surface area contributed by atoms with Crippen LogP contribution < -0.4 is 0 Å². The molecule has 0 atom stereocenters. The van der Waals surface area contributed by atoms with Crippen LogP contribution in [0.5, 0.6) is 0 Å². The van der Waals surface area contributed by atoms with Crippen molar-refractivity contribution >= 4 is 0 Å². The molecule has 2 aromatic carbocycles. The van der Waals surface area contributed by atoms with Crippen molar-refractivity contribution in [1.29, 1.82) is 0 Å². The first-order valence-electron chi connectivity index (χ1n) is 8.00. The van der Waals surface area contributed by atoms with Gasteiger partial charge in [-0.2, -0.15) is 67.8 Å². The molecule has 0 aliphatic rings. The summed E-state index contributed by atoms with van der Waals surface area (Å²) in [5.41, 5.74) is 13.5. The predicted octanol–water partition coefficient (Wildman–Crippen LogP) is 6.06. The minimum absolute atomic E-state index is 0. The third-order valence-electron chi connectivity index (χ3n) is 5.25. The van der Waals surface area contributed by atoms with Crippen LogP contribution in [0.15, 0.2) is 0 Å². The number of hydrogen-bond acceptors (Lipinski definition) is 0. The summed E-state index contributed by atoms with van der Waals surface area (Å²) in [7, 11) is 0. The maximum atomic E-state index is 3.35. The molecule has 0 amide bonds. The van der Waals surface area contributed by atoms with Gasteiger partial charge in [-0.15, -0.1) is 0 Å². The average Bonchev–Trinajstić information content (AvgIpc) is 2.47. The van der Waals surface area contributed by atoms with E-state index < -0.39 is 0 Å². The van der Waals surface area contributed by atoms with Crippen molar-refractivity contribution in [2.45, 2.75) is 69.2 Å². The van der Waals surface area contributed by atoms with Gasteiger partial charge in [0.05, 0.1) is 0 Å². The van der Waals surface area contributed by atoms with Gasteiger partial charge < -0.3 is 0 Å². The fourth-order valence-electron chi connectivity index (χ4n) is 2.62. The third kappa shape index (κ3) is 5.26. The Kier molecular flexibility index (Phi) is 8.96. The van der Waals surface area contributed by atoms with Crippen LogP contribution in [-0.4, -0.2) is 0 Å². The molecule has 0 aliphatic carbocycles. The molecule has 0 aromatic heterocycles. The van der Waals surface area contributed by atoms with Gasteiger partial charge in [-0.1, -0.05) is 69.2 Å². The Bertz CT molecular complexity index is 580. The van der Waals surface area contributed by atoms with E-state index in [2.05, 4.69) is 81.4 Å². The van der Waals surface area contributed by atoms with Crippen LogP contribution >= 0.6 is 0 Å². The van der Waals surface area contributed by atoms with Crippen molar-refractivity contribution in [3.63, 3.8) is 0 Å². The van der Waals surface area contributed by atoms with E-state index in [0.717, 1.165) is 0 Å². The summed E-state index contributed by atoms with van der Waals surface area (Å²) in [6.45, 7) is 21.5. The minimum Gasteiger partial charge on any atom is -0.177 e. The number of hydrogen-bond donors (Lipinski definition) is 0. The van der Waals surface area contributed by atoms with Crippen LogP contribution in [0.25, 0.3) is 0 Å². The van der Waals surface area contributed by atoms with Gasteiger partial charge in [0.25, 0.3) is 0 Å². The van der Waals surface area contributed by atoms with Gasteiger partial charge in [-0.25, -0.2) is 0 Å². The Balaban J connectivity index is 0.000000403. The average molecular weight is 383 g/mol. The Labute approximate surface area is 169 Å². The van der Waals surface area contributed by atoms with Crippen molar-refractivity contribution in [2.75, 3.05) is 0 Å². The SMILES string of the molecule is Cc1[c-]c(C)c(C)c(C)c1C.Cc1[c-]c(C)c(C)c(C)c1C.[Y]. The topological polar surface area (TPSA) is 0 Å². The second-order valence-electron chi connectivity index (χ2n) is 6.50. The number of benzene rings is 2. The molecule has 0 saturated heterocycles. The predicted molar refractivity (Wildman–Crippen MR) is 97.9 cm³/mol. The molecular formula is C22H30Y-2. The van der Waals surface area contributed by atoms with Crippen LogP contribution in [0.1, 0.15) is 55.6 Å². The van der Waals surface area contributed by atoms with Crippen LogP contribution in [0.4, 0.5) is 0 Å². The zero-order chi connectivity index (χ0) is 17.2. The molecule has 0 aliphatic heterocycles. The van der Waals surface area contributed by atoms with E-state index in [1.165, 1.54) is 55.6 Å². The van der Waals surface area contributed by atoms with E-state index in [1.54, 1.807) is 0 Å². The summed E-state index contributed by atoms with van der Waals surface area (Å²) < 4.78 is 0. The Morgan fingerprint density at radius 2 is 0.522 bits per heavy atom. The Morgan fingerprint density at radius 3 is 0.696 bits per heavy atom. The van der Waals surface area contributed by atoms with Crippen molar-refractivity contribution in [3.05, 3.63) is 67.8 Å². The number of aryl methyl sites for hydroxylation is 4. The fourth-order valence-corrected chi connectivity index (χ4v) is 2.62. The van der Waals surface area contributed by atoms with E-state index >= 15 is 0 Å². The van der Waals surface area contributed by atoms with Crippen molar-refractivity contribution in [2.24, 2.45) is 0 Å². The smallest absolute Gasteiger partial charge is 0 e. The molecule has 0 fully saturated rings. The van der Waals surface area contributed by atoms with Gasteiger partial charge >= 0.3 is 0 Å². The zero-order valence-corrected chi connectivity index (χ0v) is 19.4. The van der Waals surface area contributed by atoms with Crippen LogP contribution in [0.3, 0.4) is 0 Å². The molecule has 0 nitrogen and oxygen atoms in total. The standard InChI is InChI=1S/2C11H15.Y/c2*1-7-6-8(2)10(4)11(5)9(7)3;/h2*1-5H3;/q2*-1;. The molecule has 1 heteroatoms. The van der Waals surface area contributed by atoms with Gasteiger partial charge in [0.1, 0.15) is 0 Å². The molecule has 2 rings (SSSR count). The van der Waals surface area contributed by atoms with Crippen molar-refractivity contribution < 1.29 is 32.7 Å². The molecule has 123 valence electrons. The number of rotatable bonds is 0. The van der Waals surface area contributed by atoms with Gasteiger partial charge in [0.15, 0.2) is 0 Å². The normalized spacial score (nSPS) is 9.83. The summed E-state index contributed by atoms with van der Waals surface area (Å²) >= 11 is 0. The van der Waals surface area contributed by atoms with Gasteiger partial charge in [0.2, 0.25) is 0 Å². The molecule has 23 heavy (non-hydrogen) atoms. The van der Waals surface area contributed by atoms with E-state index in [1.807, 2.05) is 0 Å². The molecule has 0 saturated carbocycles. The summed E-state index contributed by atoms with van der Waals surface area (Å²) in [6, 6.07) is 6.70. The first-order chi connectivity index (χ1) is 10.1. The largest absolute Gasteiger partial charge is 0.177 e. The van der Waals surface area contributed by atoms with Crippen LogP contribution in [0, 0.1) is 81.4 Å². The molecule has 2 aromatic rings. The minimum atomic E-state index is 0. The van der Waals surface area contributed by atoms with E-state index in [4.69, 9.17) is 0 Å². The van der Waals surface area contributed by atoms with Crippen LogP contribution in [-0.2, 0) is 32.7 Å². The summed E-state index contributed by atoms with van der Waals surface area (Å²) in [5, 5.41) is 0. The zero-order valence-electron chi connectivity index (χ0n) is 16.6. The Morgan fingerprint density at radius 1 is 0.348 bits per heavy atom. The molecule has 0 N–H and O–H groups in total.